The molecule has 1 aromatic carbocycles. The molecule has 3 atom stereocenters. The molecule has 734 valence electrons. The number of carbonyl (C=O) groups is 11. The van der Waals surface area contributed by atoms with Gasteiger partial charge in [-0.1, -0.05) is 228 Å². The van der Waals surface area contributed by atoms with E-state index in [4.69, 9.17) is 59.9 Å². The largest absolute Gasteiger partial charge is 0.475 e. The summed E-state index contributed by atoms with van der Waals surface area (Å²) in [6.07, 6.45) is 14.3. The molecule has 3 aliphatic rings. The molecule has 1 aromatic rings. The van der Waals surface area contributed by atoms with Crippen LogP contribution in [0.25, 0.3) is 0 Å². The monoisotopic (exact) mass is 2220 g/mol. The Balaban J connectivity index is 0. The molecule has 0 radical (unpaired) electrons. The van der Waals surface area contributed by atoms with Crippen molar-refractivity contribution in [3.05, 3.63) is 168 Å². The van der Waals surface area contributed by atoms with E-state index in [1.165, 1.54) is 160 Å². The van der Waals surface area contributed by atoms with Gasteiger partial charge in [0.15, 0.2) is 0 Å². The average molecular weight is 2220 g/mol. The van der Waals surface area contributed by atoms with Crippen LogP contribution < -0.4 is 5.30 Å². The first-order valence-electron chi connectivity index (χ1n) is 37.7. The van der Waals surface area contributed by atoms with Gasteiger partial charge >= 0.3 is 71.0 Å². The highest BCUT2D eigenvalue weighted by Crippen LogP contribution is 2.80. The highest BCUT2D eigenvalue weighted by atomic mass is 33.4. The van der Waals surface area contributed by atoms with E-state index in [0.29, 0.717) is 34.1 Å². The van der Waals surface area contributed by atoms with E-state index in [-0.39, 0.29) is 138 Å². The Kier molecular flexibility index (Phi) is 78.0. The molecule has 0 aliphatic carbocycles. The molecular formula is C76H112O33P6S15. The normalized spacial score (nSPS) is 14.3. The predicted molar refractivity (Wildman–Crippen MR) is 549 cm³/mol. The summed E-state index contributed by atoms with van der Waals surface area (Å²) >= 11 is 23.4. The van der Waals surface area contributed by atoms with Gasteiger partial charge in [0, 0.05) is 132 Å². The Bertz CT molecular complexity index is 3840. The summed E-state index contributed by atoms with van der Waals surface area (Å²) in [6, 6.07) is 8.30. The number of esters is 8. The quantitative estimate of drug-likeness (QED) is 0.0146. The zero-order valence-corrected chi connectivity index (χ0v) is 90.2. The number of thioether (sulfide) groups is 6. The molecule has 3 fully saturated rings. The zero-order chi connectivity index (χ0) is 98.3. The third kappa shape index (κ3) is 72.7. The van der Waals surface area contributed by atoms with Crippen molar-refractivity contribution in [1.82, 2.24) is 0 Å². The predicted octanol–water partition coefficient (Wildman–Crippen LogP) is 19.3. The average Bonchev–Trinajstić information content (AvgIpc) is 1.65. The fourth-order valence-corrected chi connectivity index (χ4v) is 45.0. The van der Waals surface area contributed by atoms with Crippen molar-refractivity contribution >= 4 is 279 Å². The van der Waals surface area contributed by atoms with Crippen LogP contribution in [0.4, 0.5) is 0 Å². The number of hydrogen-bond acceptors (Lipinski definition) is 48. The SMILES string of the molecule is C=C(C)C(=O)OCCOP(=O)(OCCOC(=O)C(=C)C)OCCOC(=O)C(=C)C.C=CC(=O)OCCOP(=O)(OCCOC(=O)C=C)OCCOC(=O)C=C.C=CC(=O)OCCOP(=O)(OCCOC(=O)C=C)c1ccccc1.C=CC(=O)SCCSP(=O)(SC)SC.C=CC(=O)SCCSP(=O)(SC)SCCSC(=O)C=C.O=P(SCC1CS1)(SCC1CS1)SCC1CS1. The second-order valence-corrected chi connectivity index (χ2v) is 71.5. The van der Waals surface area contributed by atoms with Crippen molar-refractivity contribution < 1.29 is 154 Å². The fraction of sp³-hybridized carbons (Fsp3) is 0.487. The summed E-state index contributed by atoms with van der Waals surface area (Å²) in [5.74, 6) is 6.05. The first kappa shape index (κ1) is 129. The van der Waals surface area contributed by atoms with Crippen molar-refractivity contribution in [3.63, 3.8) is 0 Å². The molecule has 0 saturated carbocycles. The van der Waals surface area contributed by atoms with Crippen LogP contribution in [-0.2, 0) is 154 Å². The molecule has 0 N–H and O–H groups in total. The molecule has 54 heteroatoms. The molecule has 0 bridgehead atoms. The molecule has 0 aromatic heterocycles. The van der Waals surface area contributed by atoms with Gasteiger partial charge < -0.3 is 46.9 Å². The summed E-state index contributed by atoms with van der Waals surface area (Å²) in [6.45, 7) is 37.4. The second-order valence-electron chi connectivity index (χ2n) is 23.3. The lowest BCUT2D eigenvalue weighted by Gasteiger charge is -2.18. The molecule has 3 aliphatic heterocycles. The van der Waals surface area contributed by atoms with Crippen molar-refractivity contribution in [2.24, 2.45) is 0 Å². The Labute approximate surface area is 823 Å². The lowest BCUT2D eigenvalue weighted by Crippen LogP contribution is -2.16. The van der Waals surface area contributed by atoms with E-state index in [1.807, 2.05) is 54.1 Å². The van der Waals surface area contributed by atoms with Crippen LogP contribution in [0.5, 0.6) is 0 Å². The Morgan fingerprint density at radius 3 is 0.769 bits per heavy atom. The van der Waals surface area contributed by atoms with Crippen LogP contribution in [0.2, 0.25) is 0 Å². The maximum atomic E-state index is 12.9. The van der Waals surface area contributed by atoms with Gasteiger partial charge in [-0.2, -0.15) is 35.3 Å². The summed E-state index contributed by atoms with van der Waals surface area (Å²) in [4.78, 5) is 121. The molecule has 130 heavy (non-hydrogen) atoms. The maximum Gasteiger partial charge on any atom is 0.475 e. The molecule has 0 amide bonds. The fourth-order valence-electron chi connectivity index (χ4n) is 6.51. The van der Waals surface area contributed by atoms with Gasteiger partial charge in [0.05, 0.1) is 58.2 Å². The first-order valence-corrected chi connectivity index (χ1v) is 68.4. The van der Waals surface area contributed by atoms with Crippen LogP contribution in [0.15, 0.2) is 168 Å². The third-order valence-electron chi connectivity index (χ3n) is 12.9. The number of rotatable bonds is 68. The van der Waals surface area contributed by atoms with Gasteiger partial charge in [-0.05, 0) is 69.9 Å². The smallest absolute Gasteiger partial charge is 0.460 e. The van der Waals surface area contributed by atoms with Crippen molar-refractivity contribution in [3.8, 4) is 0 Å². The molecule has 0 spiro atoms. The number of phosphoric acid groups is 2. The van der Waals surface area contributed by atoms with Crippen LogP contribution >= 0.6 is 210 Å². The topological polar surface area (TPSA) is 438 Å². The minimum absolute atomic E-state index is 0.0197. The first-order chi connectivity index (χ1) is 61.6. The van der Waals surface area contributed by atoms with E-state index < -0.39 is 85.2 Å². The Hall–Kier alpha value is -2.56. The van der Waals surface area contributed by atoms with Gasteiger partial charge in [0.1, 0.15) is 52.9 Å². The summed E-state index contributed by atoms with van der Waals surface area (Å²) in [5, 5.41) is 2.62. The number of ether oxygens (including phenoxy) is 8. The third-order valence-corrected chi connectivity index (χ3v) is 63.0. The number of phosphoric ester groups is 2. The highest BCUT2D eigenvalue weighted by molar-refractivity contribution is 9.15. The van der Waals surface area contributed by atoms with Crippen LogP contribution in [0, 0.1) is 0 Å². The van der Waals surface area contributed by atoms with Crippen LogP contribution in [0.1, 0.15) is 20.8 Å². The Morgan fingerprint density at radius 1 is 0.323 bits per heavy atom. The van der Waals surface area contributed by atoms with E-state index in [1.54, 1.807) is 64.5 Å². The van der Waals surface area contributed by atoms with Crippen molar-refractivity contribution in [2.75, 3.05) is 194 Å². The van der Waals surface area contributed by atoms with E-state index in [0.717, 1.165) is 69.1 Å². The van der Waals surface area contributed by atoms with Gasteiger partial charge in [0.25, 0.3) is 0 Å². The highest BCUT2D eigenvalue weighted by Gasteiger charge is 2.37. The van der Waals surface area contributed by atoms with Crippen molar-refractivity contribution in [2.45, 2.75) is 36.5 Å². The molecule has 33 nitrogen and oxygen atoms in total. The second kappa shape index (κ2) is 78.3. The number of hydrogen-bond donors (Lipinski definition) is 0. The van der Waals surface area contributed by atoms with Gasteiger partial charge in [-0.15, -0.1) is 0 Å². The summed E-state index contributed by atoms with van der Waals surface area (Å²) in [5.41, 5.74) is 0.581. The lowest BCUT2D eigenvalue weighted by atomic mass is 10.4. The minimum Gasteiger partial charge on any atom is -0.460 e. The summed E-state index contributed by atoms with van der Waals surface area (Å²) in [7, 11) is -11.8. The van der Waals surface area contributed by atoms with E-state index >= 15 is 0 Å². The standard InChI is InChI=1S/C18H27O10P.C16H19O7P.C15H21O10P.C11H17O3PS5.C9H15OPS6.C7H13O2PS4/c1-13(2)16(19)23-7-10-26-29(22,27-11-8-24-17(20)14(3)4)28-12-9-25-18(21)15(5)6;1-3-15(17)20-10-12-22-24(19,14-8-6-5-7-9-14)23-13-11-21-16(18)4-2;1-4-13(16)20-7-10-23-26(19,24-11-8-21-14(17)5-2)25-12-9-22-15(18)6-3;1-4-10(12)17-6-8-19-15(14,16-3)20-9-7-18-11(13)5-2;10-11(15-4-7-1-12-7,16-5-8-2-13-8)17-6-9-3-14-9;1-4-7(8)13-5-6-14-10(9,11-2)12-3/h1,3,5,7-12H2,2,4,6H3;3-9H,1-2,10-13H2;4-6H,1-3,7-12H2;4-5H,1-2,6-9H2,3H3;7-9H,1-6H2;4H,1,5-6H2,2-3H3. The zero-order valence-electron chi connectivity index (χ0n) is 72.6. The molecule has 3 unspecified atom stereocenters. The van der Waals surface area contributed by atoms with E-state index in [2.05, 4.69) is 86.6 Å². The van der Waals surface area contributed by atoms with Crippen molar-refractivity contribution in [1.29, 1.82) is 0 Å². The van der Waals surface area contributed by atoms with Gasteiger partial charge in [0.2, 0.25) is 29.6 Å². The molecule has 4 rings (SSSR count). The number of benzene rings is 1. The molecule has 3 heterocycles. The Morgan fingerprint density at radius 2 is 0.554 bits per heavy atom. The minimum atomic E-state index is -4.11. The lowest BCUT2D eigenvalue weighted by molar-refractivity contribution is -0.141. The van der Waals surface area contributed by atoms with Crippen LogP contribution in [-0.4, -0.2) is 272 Å². The van der Waals surface area contributed by atoms with Gasteiger partial charge in [-0.3, -0.25) is 59.8 Å². The van der Waals surface area contributed by atoms with E-state index in [9.17, 15) is 80.1 Å². The van der Waals surface area contributed by atoms with Crippen LogP contribution in [0.3, 0.4) is 0 Å². The maximum absolute atomic E-state index is 12.9. The number of carbonyl (C=O) groups excluding carboxylic acids is 11. The summed E-state index contributed by atoms with van der Waals surface area (Å²) < 4.78 is 147. The van der Waals surface area contributed by atoms with Gasteiger partial charge in [-0.25, -0.2) is 47.5 Å². The molecule has 3 saturated heterocycles. The molecular weight excluding hydrogens is 2110 g/mol.